The van der Waals surface area contributed by atoms with Crippen LogP contribution < -0.4 is 0 Å². The Balaban J connectivity index is 1.75. The lowest BCUT2D eigenvalue weighted by Gasteiger charge is -2.49. The molecule has 0 amide bonds. The monoisotopic (exact) mass is 612 g/mol. The van der Waals surface area contributed by atoms with Crippen molar-refractivity contribution in [2.45, 2.75) is 89.1 Å². The highest BCUT2D eigenvalue weighted by Gasteiger charge is 2.50. The van der Waals surface area contributed by atoms with Crippen LogP contribution in [-0.2, 0) is 37.9 Å². The lowest BCUT2D eigenvalue weighted by atomic mass is 9.85. The van der Waals surface area contributed by atoms with Gasteiger partial charge in [-0.2, -0.15) is 0 Å². The van der Waals surface area contributed by atoms with Crippen LogP contribution >= 0.6 is 0 Å². The van der Waals surface area contributed by atoms with Crippen molar-refractivity contribution in [3.8, 4) is 0 Å². The van der Waals surface area contributed by atoms with Gasteiger partial charge in [-0.3, -0.25) is 0 Å². The fourth-order valence-corrected chi connectivity index (χ4v) is 5.56. The van der Waals surface area contributed by atoms with E-state index in [0.717, 1.165) is 0 Å². The number of aliphatic hydroxyl groups is 6. The molecule has 0 aromatic heterocycles. The van der Waals surface area contributed by atoms with Crippen LogP contribution in [0, 0.1) is 23.7 Å². The molecule has 14 atom stereocenters. The van der Waals surface area contributed by atoms with Gasteiger partial charge in [-0.1, -0.05) is 27.7 Å². The average Bonchev–Trinajstić information content (AvgIpc) is 2.97. The number of aliphatic hydroxyl groups excluding tert-OH is 6. The van der Waals surface area contributed by atoms with Crippen LogP contribution in [0.2, 0.25) is 0 Å². The van der Waals surface area contributed by atoms with E-state index < -0.39 is 73.2 Å². The Hall–Kier alpha value is -0.560. The second kappa shape index (κ2) is 17.8. The molecular weight excluding hydrogens is 560 g/mol. The van der Waals surface area contributed by atoms with E-state index in [1.54, 1.807) is 13.8 Å². The largest absolute Gasteiger partial charge is 0.394 e. The molecule has 3 rings (SSSR count). The molecule has 3 aliphatic heterocycles. The maximum Gasteiger partial charge on any atom is 0.163 e. The molecule has 3 heterocycles. The van der Waals surface area contributed by atoms with Crippen LogP contribution in [0.4, 0.5) is 0 Å². The van der Waals surface area contributed by atoms with Crippen LogP contribution in [0.1, 0.15) is 27.7 Å². The third-order valence-electron chi connectivity index (χ3n) is 8.38. The molecule has 3 aliphatic rings. The molecule has 0 aromatic carbocycles. The molecular formula is C28H52O14. The van der Waals surface area contributed by atoms with Gasteiger partial charge in [0.1, 0.15) is 24.4 Å². The zero-order valence-corrected chi connectivity index (χ0v) is 25.1. The van der Waals surface area contributed by atoms with Crippen molar-refractivity contribution in [3.63, 3.8) is 0 Å². The van der Waals surface area contributed by atoms with Crippen molar-refractivity contribution < 1.29 is 68.5 Å². The smallest absolute Gasteiger partial charge is 0.163 e. The Bertz CT molecular complexity index is 747. The third kappa shape index (κ3) is 9.23. The summed E-state index contributed by atoms with van der Waals surface area (Å²) in [7, 11) is 0. The zero-order valence-electron chi connectivity index (χ0n) is 25.1. The molecule has 0 aliphatic carbocycles. The van der Waals surface area contributed by atoms with Crippen molar-refractivity contribution in [3.05, 3.63) is 0 Å². The molecule has 0 radical (unpaired) electrons. The van der Waals surface area contributed by atoms with E-state index in [0.29, 0.717) is 6.61 Å². The van der Waals surface area contributed by atoms with Crippen molar-refractivity contribution in [1.29, 1.82) is 0 Å². The van der Waals surface area contributed by atoms with E-state index in [-0.39, 0.29) is 71.3 Å². The summed E-state index contributed by atoms with van der Waals surface area (Å²) in [6.45, 7) is 7.51. The van der Waals surface area contributed by atoms with E-state index >= 15 is 0 Å². The molecule has 0 aromatic rings. The molecule has 3 saturated heterocycles. The Labute approximate surface area is 247 Å². The van der Waals surface area contributed by atoms with Crippen molar-refractivity contribution in [2.75, 3.05) is 66.1 Å². The number of ether oxygens (including phenoxy) is 8. The average molecular weight is 613 g/mol. The van der Waals surface area contributed by atoms with Crippen molar-refractivity contribution in [1.82, 2.24) is 0 Å². The maximum atomic E-state index is 11.5. The standard InChI is InChI=1S/C28H52O14/c1-15-11-38-20(13-36-9-6-30)25(22(15)32)41-28-18(4)24(34)26(21(40-28)14-37-10-7-31)42-27-17(3)23(33)16(2)19(39-27)12-35-8-5-29/h15-34H,5-14H2,1-4H3/t15-,16+,17?,18?,19?,20?,21+,22?,23?,24?,25-,26-,27+,28+/m1/s1. The number of hydrogen-bond donors (Lipinski definition) is 6. The predicted molar refractivity (Wildman–Crippen MR) is 145 cm³/mol. The lowest BCUT2D eigenvalue weighted by Crippen LogP contribution is -2.62. The highest BCUT2D eigenvalue weighted by Crippen LogP contribution is 2.37. The van der Waals surface area contributed by atoms with Gasteiger partial charge in [0.2, 0.25) is 0 Å². The fourth-order valence-electron chi connectivity index (χ4n) is 5.56. The van der Waals surface area contributed by atoms with Crippen LogP contribution in [0.15, 0.2) is 0 Å². The first-order valence-electron chi connectivity index (χ1n) is 15.0. The van der Waals surface area contributed by atoms with Crippen LogP contribution in [0.3, 0.4) is 0 Å². The highest BCUT2D eigenvalue weighted by atomic mass is 16.7. The molecule has 3 fully saturated rings. The molecule has 14 nitrogen and oxygen atoms in total. The summed E-state index contributed by atoms with van der Waals surface area (Å²) < 4.78 is 47.4. The number of hydrogen-bond acceptors (Lipinski definition) is 14. The van der Waals surface area contributed by atoms with E-state index in [2.05, 4.69) is 0 Å². The van der Waals surface area contributed by atoms with Crippen LogP contribution in [-0.4, -0.2) is 158 Å². The van der Waals surface area contributed by atoms with Gasteiger partial charge < -0.3 is 68.5 Å². The quantitative estimate of drug-likeness (QED) is 0.108. The van der Waals surface area contributed by atoms with Gasteiger partial charge in [-0.15, -0.1) is 0 Å². The second-order valence-electron chi connectivity index (χ2n) is 11.6. The van der Waals surface area contributed by atoms with Gasteiger partial charge in [-0.05, 0) is 0 Å². The second-order valence-corrected chi connectivity index (χ2v) is 11.6. The molecule has 248 valence electrons. The minimum atomic E-state index is -1.12. The summed E-state index contributed by atoms with van der Waals surface area (Å²) in [6, 6.07) is 0. The maximum absolute atomic E-state index is 11.5. The summed E-state index contributed by atoms with van der Waals surface area (Å²) in [6.07, 6.45) is -8.44. The molecule has 14 heteroatoms. The highest BCUT2D eigenvalue weighted by molar-refractivity contribution is 4.93. The van der Waals surface area contributed by atoms with Gasteiger partial charge in [-0.25, -0.2) is 0 Å². The zero-order chi connectivity index (χ0) is 30.8. The summed E-state index contributed by atoms with van der Waals surface area (Å²) in [4.78, 5) is 0. The van der Waals surface area contributed by atoms with Crippen molar-refractivity contribution in [2.24, 2.45) is 23.7 Å². The van der Waals surface area contributed by atoms with Gasteiger partial charge in [0.25, 0.3) is 0 Å². The first kappa shape index (κ1) is 35.9. The minimum absolute atomic E-state index is 0.0392. The first-order valence-corrected chi connectivity index (χ1v) is 15.0. The van der Waals surface area contributed by atoms with E-state index in [9.17, 15) is 20.4 Å². The minimum Gasteiger partial charge on any atom is -0.394 e. The molecule has 0 spiro atoms. The van der Waals surface area contributed by atoms with Gasteiger partial charge >= 0.3 is 0 Å². The molecule has 6 N–H and O–H groups in total. The predicted octanol–water partition coefficient (Wildman–Crippen LogP) is -1.74. The van der Waals surface area contributed by atoms with Crippen LogP contribution in [0.5, 0.6) is 0 Å². The first-order chi connectivity index (χ1) is 20.1. The number of rotatable bonds is 16. The van der Waals surface area contributed by atoms with E-state index in [4.69, 9.17) is 48.1 Å². The normalized spacial score (nSPS) is 43.0. The van der Waals surface area contributed by atoms with Gasteiger partial charge in [0.05, 0.1) is 90.5 Å². The fraction of sp³-hybridized carbons (Fsp3) is 1.00. The Morgan fingerprint density at radius 2 is 1.02 bits per heavy atom. The lowest BCUT2D eigenvalue weighted by molar-refractivity contribution is -0.356. The van der Waals surface area contributed by atoms with Gasteiger partial charge in [0, 0.05) is 23.7 Å². The third-order valence-corrected chi connectivity index (χ3v) is 8.38. The van der Waals surface area contributed by atoms with E-state index in [1.807, 2.05) is 13.8 Å². The summed E-state index contributed by atoms with van der Waals surface area (Å²) in [5.41, 5.74) is 0. The molecule has 0 saturated carbocycles. The Kier molecular flexibility index (Phi) is 15.2. The molecule has 0 bridgehead atoms. The molecule has 7 unspecified atom stereocenters. The Morgan fingerprint density at radius 3 is 1.57 bits per heavy atom. The summed E-state index contributed by atoms with van der Waals surface area (Å²) in [5.74, 6) is -1.55. The van der Waals surface area contributed by atoms with Crippen LogP contribution in [0.25, 0.3) is 0 Å². The SMILES string of the molecule is CC1C(O)[C@@H](C)C(COCCO)O[C@H]1O[C@H]1C(O)C(C)[C@H](O[C@@H]2C(COCCO)OC[C@@H](C)C2O)O[C@H]1COCCO. The molecule has 42 heavy (non-hydrogen) atoms. The van der Waals surface area contributed by atoms with Crippen molar-refractivity contribution >= 4 is 0 Å². The summed E-state index contributed by atoms with van der Waals surface area (Å²) >= 11 is 0. The topological polar surface area (TPSA) is 195 Å². The Morgan fingerprint density at radius 1 is 0.571 bits per heavy atom. The van der Waals surface area contributed by atoms with E-state index in [1.165, 1.54) is 0 Å². The van der Waals surface area contributed by atoms with Gasteiger partial charge in [0.15, 0.2) is 12.6 Å². The summed E-state index contributed by atoms with van der Waals surface area (Å²) in [5, 5.41) is 60.7.